The van der Waals surface area contributed by atoms with Gasteiger partial charge in [0, 0.05) is 16.3 Å². The number of rotatable bonds is 3. The minimum absolute atomic E-state index is 0.705. The highest BCUT2D eigenvalue weighted by Crippen LogP contribution is 2.41. The topological polar surface area (TPSA) is 30.2 Å². The van der Waals surface area contributed by atoms with Gasteiger partial charge in [-0.1, -0.05) is 54.6 Å². The molecule has 0 aliphatic carbocycles. The Kier molecular flexibility index (Phi) is 3.13. The van der Waals surface area contributed by atoms with E-state index in [0.29, 0.717) is 4.88 Å². The second kappa shape index (κ2) is 5.28. The number of furan rings is 1. The van der Waals surface area contributed by atoms with Crippen LogP contribution in [0.5, 0.6) is 0 Å². The van der Waals surface area contributed by atoms with Gasteiger partial charge in [0.05, 0.1) is 9.75 Å². The third-order valence-electron chi connectivity index (χ3n) is 3.62. The fourth-order valence-corrected chi connectivity index (χ4v) is 3.43. The van der Waals surface area contributed by atoms with E-state index in [1.165, 1.54) is 11.3 Å². The zero-order valence-electron chi connectivity index (χ0n) is 11.7. The van der Waals surface area contributed by atoms with Crippen LogP contribution in [0.4, 0.5) is 0 Å². The number of thiophene rings is 1. The van der Waals surface area contributed by atoms with Crippen molar-refractivity contribution in [3.8, 4) is 22.0 Å². The average Bonchev–Trinajstić information content (AvgIpc) is 3.20. The molecule has 4 aromatic rings. The minimum Gasteiger partial charge on any atom is -0.454 e. The maximum atomic E-state index is 10.9. The number of aldehydes is 1. The predicted octanol–water partition coefficient (Wildman–Crippen LogP) is 5.64. The molecule has 0 fully saturated rings. The first-order valence-electron chi connectivity index (χ1n) is 6.99. The Morgan fingerprint density at radius 3 is 2.14 bits per heavy atom. The molecule has 0 saturated carbocycles. The summed E-state index contributed by atoms with van der Waals surface area (Å²) >= 11 is 1.45. The van der Waals surface area contributed by atoms with E-state index in [4.69, 9.17) is 4.42 Å². The molecule has 106 valence electrons. The van der Waals surface area contributed by atoms with Crippen LogP contribution in [0.2, 0.25) is 0 Å². The highest BCUT2D eigenvalue weighted by Gasteiger charge is 2.16. The van der Waals surface area contributed by atoms with Crippen LogP contribution in [-0.4, -0.2) is 6.29 Å². The van der Waals surface area contributed by atoms with Gasteiger partial charge < -0.3 is 4.42 Å². The predicted molar refractivity (Wildman–Crippen MR) is 90.4 cm³/mol. The molecule has 0 atom stereocenters. The summed E-state index contributed by atoms with van der Waals surface area (Å²) < 4.78 is 6.19. The molecule has 0 aliphatic rings. The van der Waals surface area contributed by atoms with Crippen molar-refractivity contribution in [3.05, 3.63) is 71.6 Å². The number of hydrogen-bond donors (Lipinski definition) is 0. The summed E-state index contributed by atoms with van der Waals surface area (Å²) in [5.41, 5.74) is 1.05. The Morgan fingerprint density at radius 1 is 0.773 bits per heavy atom. The molecule has 0 radical (unpaired) electrons. The molecular weight excluding hydrogens is 292 g/mol. The molecule has 0 bridgehead atoms. The van der Waals surface area contributed by atoms with E-state index in [9.17, 15) is 4.79 Å². The third kappa shape index (κ3) is 2.07. The molecule has 3 heteroatoms. The van der Waals surface area contributed by atoms with Gasteiger partial charge in [-0.15, -0.1) is 11.3 Å². The molecule has 2 aromatic carbocycles. The van der Waals surface area contributed by atoms with E-state index < -0.39 is 0 Å². The Bertz CT molecular complexity index is 948. The Hall–Kier alpha value is -2.65. The molecule has 0 spiro atoms. The molecule has 2 aromatic heterocycles. The summed E-state index contributed by atoms with van der Waals surface area (Å²) in [5.74, 6) is 1.69. The van der Waals surface area contributed by atoms with Crippen molar-refractivity contribution in [3.63, 3.8) is 0 Å². The summed E-state index contributed by atoms with van der Waals surface area (Å²) in [6.45, 7) is 0. The SMILES string of the molecule is O=Cc1ccc(-c2oc(-c3ccccc3)c3ccccc23)s1. The van der Waals surface area contributed by atoms with E-state index in [1.807, 2.05) is 54.6 Å². The number of benzene rings is 2. The molecule has 0 amide bonds. The summed E-state index contributed by atoms with van der Waals surface area (Å²) in [6.07, 6.45) is 0.872. The molecule has 0 N–H and O–H groups in total. The zero-order valence-corrected chi connectivity index (χ0v) is 12.5. The highest BCUT2D eigenvalue weighted by molar-refractivity contribution is 7.17. The minimum atomic E-state index is 0.705. The number of fused-ring (bicyclic) bond motifs is 1. The number of carbonyl (C=O) groups excluding carboxylic acids is 1. The van der Waals surface area contributed by atoms with Gasteiger partial charge in [0.15, 0.2) is 12.0 Å². The van der Waals surface area contributed by atoms with Gasteiger partial charge >= 0.3 is 0 Å². The quantitative estimate of drug-likeness (QED) is 0.458. The zero-order chi connectivity index (χ0) is 14.9. The first-order chi connectivity index (χ1) is 10.9. The molecule has 0 saturated heterocycles. The molecule has 0 unspecified atom stereocenters. The maximum Gasteiger partial charge on any atom is 0.160 e. The normalized spacial score (nSPS) is 10.9. The molecule has 22 heavy (non-hydrogen) atoms. The fourth-order valence-electron chi connectivity index (χ4n) is 2.62. The summed E-state index contributed by atoms with van der Waals surface area (Å²) in [4.78, 5) is 12.6. The van der Waals surface area contributed by atoms with Crippen molar-refractivity contribution < 1.29 is 9.21 Å². The second-order valence-corrected chi connectivity index (χ2v) is 6.11. The molecule has 0 aliphatic heterocycles. The van der Waals surface area contributed by atoms with E-state index in [-0.39, 0.29) is 0 Å². The van der Waals surface area contributed by atoms with Crippen molar-refractivity contribution in [2.24, 2.45) is 0 Å². The molecule has 2 heterocycles. The lowest BCUT2D eigenvalue weighted by Crippen LogP contribution is -1.73. The number of hydrogen-bond acceptors (Lipinski definition) is 3. The third-order valence-corrected chi connectivity index (χ3v) is 4.63. The Morgan fingerprint density at radius 2 is 1.45 bits per heavy atom. The van der Waals surface area contributed by atoms with Crippen LogP contribution >= 0.6 is 11.3 Å². The van der Waals surface area contributed by atoms with Gasteiger partial charge in [-0.2, -0.15) is 0 Å². The highest BCUT2D eigenvalue weighted by atomic mass is 32.1. The lowest BCUT2D eigenvalue weighted by atomic mass is 10.1. The van der Waals surface area contributed by atoms with Gasteiger partial charge in [-0.25, -0.2) is 0 Å². The van der Waals surface area contributed by atoms with Gasteiger partial charge in [-0.3, -0.25) is 4.79 Å². The largest absolute Gasteiger partial charge is 0.454 e. The monoisotopic (exact) mass is 304 g/mol. The average molecular weight is 304 g/mol. The molecular formula is C19H12O2S. The first-order valence-corrected chi connectivity index (χ1v) is 7.81. The van der Waals surface area contributed by atoms with E-state index in [0.717, 1.165) is 39.0 Å². The Balaban J connectivity index is 1.98. The van der Waals surface area contributed by atoms with Crippen molar-refractivity contribution in [1.82, 2.24) is 0 Å². The van der Waals surface area contributed by atoms with E-state index >= 15 is 0 Å². The maximum absolute atomic E-state index is 10.9. The summed E-state index contributed by atoms with van der Waals surface area (Å²) in [5, 5.41) is 2.16. The van der Waals surface area contributed by atoms with Crippen LogP contribution in [0.3, 0.4) is 0 Å². The van der Waals surface area contributed by atoms with Crippen molar-refractivity contribution in [2.75, 3.05) is 0 Å². The first kappa shape index (κ1) is 13.0. The van der Waals surface area contributed by atoms with E-state index in [1.54, 1.807) is 0 Å². The van der Waals surface area contributed by atoms with Crippen LogP contribution in [0.25, 0.3) is 32.7 Å². The summed E-state index contributed by atoms with van der Waals surface area (Å²) in [7, 11) is 0. The standard InChI is InChI=1S/C19H12O2S/c20-12-14-10-11-17(22-14)19-16-9-5-4-8-15(16)18(21-19)13-6-2-1-3-7-13/h1-12H. The van der Waals surface area contributed by atoms with Crippen LogP contribution in [0, 0.1) is 0 Å². The second-order valence-electron chi connectivity index (χ2n) is 4.99. The molecule has 2 nitrogen and oxygen atoms in total. The van der Waals surface area contributed by atoms with Crippen LogP contribution in [0.15, 0.2) is 71.1 Å². The van der Waals surface area contributed by atoms with Crippen molar-refractivity contribution in [1.29, 1.82) is 0 Å². The number of carbonyl (C=O) groups is 1. The smallest absolute Gasteiger partial charge is 0.160 e. The van der Waals surface area contributed by atoms with Crippen LogP contribution in [-0.2, 0) is 0 Å². The van der Waals surface area contributed by atoms with Crippen molar-refractivity contribution >= 4 is 28.4 Å². The van der Waals surface area contributed by atoms with E-state index in [2.05, 4.69) is 12.1 Å². The lowest BCUT2D eigenvalue weighted by Gasteiger charge is -1.96. The van der Waals surface area contributed by atoms with Crippen LogP contribution < -0.4 is 0 Å². The van der Waals surface area contributed by atoms with Crippen molar-refractivity contribution in [2.45, 2.75) is 0 Å². The van der Waals surface area contributed by atoms with Crippen LogP contribution in [0.1, 0.15) is 9.67 Å². The fraction of sp³-hybridized carbons (Fsp3) is 0. The van der Waals surface area contributed by atoms with Gasteiger partial charge in [0.2, 0.25) is 0 Å². The van der Waals surface area contributed by atoms with Gasteiger partial charge in [-0.05, 0) is 12.1 Å². The Labute approximate surface area is 131 Å². The lowest BCUT2D eigenvalue weighted by molar-refractivity contribution is 0.112. The summed E-state index contributed by atoms with van der Waals surface area (Å²) in [6, 6.07) is 22.0. The van der Waals surface area contributed by atoms with Gasteiger partial charge in [0.1, 0.15) is 5.76 Å². The van der Waals surface area contributed by atoms with Gasteiger partial charge in [0.25, 0.3) is 0 Å². The molecule has 4 rings (SSSR count).